The molecule has 0 aliphatic carbocycles. The van der Waals surface area contributed by atoms with Gasteiger partial charge in [0.25, 0.3) is 0 Å². The third-order valence-corrected chi connectivity index (χ3v) is 3.39. The quantitative estimate of drug-likeness (QED) is 0.619. The van der Waals surface area contributed by atoms with Gasteiger partial charge in [-0.3, -0.25) is 0 Å². The first kappa shape index (κ1) is 11.7. The van der Waals surface area contributed by atoms with Gasteiger partial charge in [-0.25, -0.2) is 0 Å². The third kappa shape index (κ3) is 3.40. The first-order valence-corrected chi connectivity index (χ1v) is 5.82. The Bertz CT molecular complexity index is 284. The van der Waals surface area contributed by atoms with Crippen molar-refractivity contribution in [3.63, 3.8) is 0 Å². The Morgan fingerprint density at radius 2 is 2.29 bits per heavy atom. The van der Waals surface area contributed by atoms with E-state index in [0.29, 0.717) is 10.7 Å². The number of hydrogen-bond donors (Lipinski definition) is 2. The lowest BCUT2D eigenvalue weighted by Gasteiger charge is -2.08. The van der Waals surface area contributed by atoms with Gasteiger partial charge >= 0.3 is 0 Å². The average molecular weight is 232 g/mol. The van der Waals surface area contributed by atoms with Gasteiger partial charge in [0.05, 0.1) is 11.1 Å². The average Bonchev–Trinajstić information content (AvgIpc) is 2.09. The highest BCUT2D eigenvalue weighted by Gasteiger charge is 2.05. The van der Waals surface area contributed by atoms with E-state index in [4.69, 9.17) is 22.4 Å². The number of halogens is 1. The number of hydrogen-bond acceptors (Lipinski definition) is 3. The van der Waals surface area contributed by atoms with E-state index in [9.17, 15) is 0 Å². The van der Waals surface area contributed by atoms with Gasteiger partial charge in [0.2, 0.25) is 0 Å². The van der Waals surface area contributed by atoms with Crippen LogP contribution >= 0.6 is 23.4 Å². The highest BCUT2D eigenvalue weighted by Crippen LogP contribution is 2.32. The third-order valence-electron chi connectivity index (χ3n) is 1.78. The van der Waals surface area contributed by atoms with E-state index in [1.807, 2.05) is 18.2 Å². The van der Waals surface area contributed by atoms with E-state index in [2.05, 4.69) is 0 Å². The molecule has 0 aliphatic heterocycles. The Kier molecular flexibility index (Phi) is 4.58. The molecule has 1 rings (SSSR count). The van der Waals surface area contributed by atoms with Crippen LogP contribution in [0, 0.1) is 0 Å². The van der Waals surface area contributed by atoms with Crippen molar-refractivity contribution in [2.45, 2.75) is 24.3 Å². The van der Waals surface area contributed by atoms with Gasteiger partial charge in [0, 0.05) is 16.3 Å². The molecule has 0 aromatic heterocycles. The minimum absolute atomic E-state index is 0.272. The standard InChI is InChI=1S/C10H14ClNOS/c1-7(13)5-6-14-10-8(11)3-2-4-9(10)12/h2-4,7,13H,5-6,12H2,1H3. The number of nitrogens with two attached hydrogens (primary N) is 1. The van der Waals surface area contributed by atoms with Gasteiger partial charge in [0.15, 0.2) is 0 Å². The van der Waals surface area contributed by atoms with Crippen LogP contribution in [0.4, 0.5) is 5.69 Å². The van der Waals surface area contributed by atoms with Crippen LogP contribution in [0.1, 0.15) is 13.3 Å². The van der Waals surface area contributed by atoms with E-state index < -0.39 is 0 Å². The molecule has 14 heavy (non-hydrogen) atoms. The molecule has 0 heterocycles. The Morgan fingerprint density at radius 1 is 1.57 bits per heavy atom. The predicted octanol–water partition coefficient (Wildman–Crippen LogP) is 2.79. The van der Waals surface area contributed by atoms with E-state index in [-0.39, 0.29) is 6.10 Å². The second kappa shape index (κ2) is 5.49. The summed E-state index contributed by atoms with van der Waals surface area (Å²) < 4.78 is 0. The molecule has 1 unspecified atom stereocenters. The molecule has 4 heteroatoms. The van der Waals surface area contributed by atoms with Crippen LogP contribution < -0.4 is 5.73 Å². The summed E-state index contributed by atoms with van der Waals surface area (Å²) in [6.45, 7) is 1.77. The molecule has 0 bridgehead atoms. The van der Waals surface area contributed by atoms with Gasteiger partial charge in [-0.2, -0.15) is 0 Å². The summed E-state index contributed by atoms with van der Waals surface area (Å²) in [4.78, 5) is 0.912. The van der Waals surface area contributed by atoms with Crippen LogP contribution in [0.25, 0.3) is 0 Å². The smallest absolute Gasteiger partial charge is 0.0562 e. The predicted molar refractivity (Wildman–Crippen MR) is 62.9 cm³/mol. The van der Waals surface area contributed by atoms with Crippen LogP contribution in [0.3, 0.4) is 0 Å². The molecule has 78 valence electrons. The number of rotatable bonds is 4. The van der Waals surface area contributed by atoms with Gasteiger partial charge in [-0.1, -0.05) is 17.7 Å². The van der Waals surface area contributed by atoms with Crippen LogP contribution in [0.2, 0.25) is 5.02 Å². The summed E-state index contributed by atoms with van der Waals surface area (Å²) in [5.74, 6) is 0.825. The van der Waals surface area contributed by atoms with E-state index in [1.54, 1.807) is 18.7 Å². The fraction of sp³-hybridized carbons (Fsp3) is 0.400. The summed E-state index contributed by atoms with van der Waals surface area (Å²) in [5, 5.41) is 9.77. The minimum atomic E-state index is -0.272. The van der Waals surface area contributed by atoms with Crippen molar-refractivity contribution in [1.82, 2.24) is 0 Å². The maximum atomic E-state index is 9.09. The maximum absolute atomic E-state index is 9.09. The van der Waals surface area contributed by atoms with Crippen LogP contribution in [0.15, 0.2) is 23.1 Å². The molecule has 1 aromatic carbocycles. The summed E-state index contributed by atoms with van der Waals surface area (Å²) in [5.41, 5.74) is 6.47. The zero-order valence-corrected chi connectivity index (χ0v) is 9.61. The van der Waals surface area contributed by atoms with Crippen molar-refractivity contribution in [2.24, 2.45) is 0 Å². The van der Waals surface area contributed by atoms with Crippen molar-refractivity contribution in [3.8, 4) is 0 Å². The summed E-state index contributed by atoms with van der Waals surface area (Å²) in [6, 6.07) is 5.48. The van der Waals surface area contributed by atoms with Crippen molar-refractivity contribution < 1.29 is 5.11 Å². The lowest BCUT2D eigenvalue weighted by atomic mass is 10.3. The molecule has 0 amide bonds. The van der Waals surface area contributed by atoms with Gasteiger partial charge < -0.3 is 10.8 Å². The van der Waals surface area contributed by atoms with E-state index in [0.717, 1.165) is 17.1 Å². The molecule has 1 aromatic rings. The number of aliphatic hydroxyl groups is 1. The van der Waals surface area contributed by atoms with Crippen molar-refractivity contribution in [2.75, 3.05) is 11.5 Å². The summed E-state index contributed by atoms with van der Waals surface area (Å²) in [7, 11) is 0. The molecule has 2 nitrogen and oxygen atoms in total. The molecule has 0 aliphatic rings. The maximum Gasteiger partial charge on any atom is 0.0562 e. The second-order valence-electron chi connectivity index (χ2n) is 3.14. The van der Waals surface area contributed by atoms with Crippen LogP contribution in [0.5, 0.6) is 0 Å². The normalized spacial score (nSPS) is 12.8. The van der Waals surface area contributed by atoms with Crippen LogP contribution in [-0.2, 0) is 0 Å². The first-order chi connectivity index (χ1) is 6.61. The van der Waals surface area contributed by atoms with Crippen molar-refractivity contribution in [3.05, 3.63) is 23.2 Å². The highest BCUT2D eigenvalue weighted by atomic mass is 35.5. The Hall–Kier alpha value is -0.380. The Labute approximate surface area is 93.5 Å². The Morgan fingerprint density at radius 3 is 2.86 bits per heavy atom. The monoisotopic (exact) mass is 231 g/mol. The van der Waals surface area contributed by atoms with E-state index >= 15 is 0 Å². The fourth-order valence-corrected chi connectivity index (χ4v) is 2.46. The second-order valence-corrected chi connectivity index (χ2v) is 4.66. The number of anilines is 1. The van der Waals surface area contributed by atoms with Gasteiger partial charge in [-0.05, 0) is 25.5 Å². The van der Waals surface area contributed by atoms with E-state index in [1.165, 1.54) is 0 Å². The number of nitrogen functional groups attached to an aromatic ring is 1. The van der Waals surface area contributed by atoms with Crippen LogP contribution in [-0.4, -0.2) is 17.0 Å². The molecular formula is C10H14ClNOS. The molecule has 0 radical (unpaired) electrons. The largest absolute Gasteiger partial charge is 0.398 e. The minimum Gasteiger partial charge on any atom is -0.398 e. The molecule has 0 saturated carbocycles. The molecule has 0 saturated heterocycles. The summed E-state index contributed by atoms with van der Waals surface area (Å²) >= 11 is 7.57. The zero-order valence-electron chi connectivity index (χ0n) is 8.03. The SMILES string of the molecule is CC(O)CCSc1c(N)cccc1Cl. The topological polar surface area (TPSA) is 46.2 Å². The van der Waals surface area contributed by atoms with Gasteiger partial charge in [0.1, 0.15) is 0 Å². The number of aliphatic hydroxyl groups excluding tert-OH is 1. The first-order valence-electron chi connectivity index (χ1n) is 4.46. The van der Waals surface area contributed by atoms with Crippen molar-refractivity contribution >= 4 is 29.1 Å². The van der Waals surface area contributed by atoms with Gasteiger partial charge in [-0.15, -0.1) is 11.8 Å². The lowest BCUT2D eigenvalue weighted by molar-refractivity contribution is 0.192. The molecule has 0 fully saturated rings. The molecule has 0 spiro atoms. The number of benzene rings is 1. The summed E-state index contributed by atoms with van der Waals surface area (Å²) in [6.07, 6.45) is 0.473. The highest BCUT2D eigenvalue weighted by molar-refractivity contribution is 7.99. The van der Waals surface area contributed by atoms with Crippen molar-refractivity contribution in [1.29, 1.82) is 0 Å². The molecule has 1 atom stereocenters. The zero-order chi connectivity index (χ0) is 10.6. The lowest BCUT2D eigenvalue weighted by Crippen LogP contribution is -2.00. The molecular weight excluding hydrogens is 218 g/mol. The number of thioether (sulfide) groups is 1. The Balaban J connectivity index is 2.58. The fourth-order valence-electron chi connectivity index (χ4n) is 1.01. The molecule has 3 N–H and O–H groups in total.